The molecule has 0 spiro atoms. The first-order chi connectivity index (χ1) is 9.04. The standard InChI is InChI=1S/C14H16BrFN2O/c1-3-11-14(15)12(18(2)17-11)8-13(19)9-6-4-5-7-10(9)16/h4-7,13,19H,3,8H2,1-2H3. The van der Waals surface area contributed by atoms with Gasteiger partial charge in [-0.3, -0.25) is 4.68 Å². The summed E-state index contributed by atoms with van der Waals surface area (Å²) in [5.74, 6) is -0.385. The second kappa shape index (κ2) is 5.84. The summed E-state index contributed by atoms with van der Waals surface area (Å²) >= 11 is 3.49. The van der Waals surface area contributed by atoms with Crippen molar-refractivity contribution in [1.29, 1.82) is 0 Å². The quantitative estimate of drug-likeness (QED) is 0.937. The van der Waals surface area contributed by atoms with E-state index in [1.54, 1.807) is 22.9 Å². The molecule has 19 heavy (non-hydrogen) atoms. The first-order valence-corrected chi connectivity index (χ1v) is 6.96. The number of aliphatic hydroxyl groups is 1. The lowest BCUT2D eigenvalue weighted by Crippen LogP contribution is -2.08. The van der Waals surface area contributed by atoms with E-state index in [1.807, 2.05) is 14.0 Å². The molecule has 0 saturated heterocycles. The van der Waals surface area contributed by atoms with Crippen molar-refractivity contribution in [1.82, 2.24) is 9.78 Å². The second-order valence-electron chi connectivity index (χ2n) is 4.43. The monoisotopic (exact) mass is 326 g/mol. The van der Waals surface area contributed by atoms with Crippen LogP contribution in [0.2, 0.25) is 0 Å². The minimum absolute atomic E-state index is 0.314. The van der Waals surface area contributed by atoms with Crippen molar-refractivity contribution in [2.24, 2.45) is 7.05 Å². The number of halogens is 2. The van der Waals surface area contributed by atoms with Gasteiger partial charge in [0.1, 0.15) is 5.82 Å². The van der Waals surface area contributed by atoms with Gasteiger partial charge in [0.25, 0.3) is 0 Å². The lowest BCUT2D eigenvalue weighted by molar-refractivity contribution is 0.171. The fourth-order valence-electron chi connectivity index (χ4n) is 2.08. The van der Waals surface area contributed by atoms with Crippen molar-refractivity contribution in [2.75, 3.05) is 0 Å². The Hall–Kier alpha value is -1.20. The number of nitrogens with zero attached hydrogens (tertiary/aromatic N) is 2. The first kappa shape index (κ1) is 14.2. The topological polar surface area (TPSA) is 38.0 Å². The number of benzene rings is 1. The number of aryl methyl sites for hydroxylation is 2. The van der Waals surface area contributed by atoms with Crippen LogP contribution in [0.4, 0.5) is 4.39 Å². The predicted octanol–water partition coefficient (Wildman–Crippen LogP) is 3.16. The van der Waals surface area contributed by atoms with E-state index in [0.717, 1.165) is 22.3 Å². The van der Waals surface area contributed by atoms with Crippen molar-refractivity contribution in [3.63, 3.8) is 0 Å². The Morgan fingerprint density at radius 3 is 2.68 bits per heavy atom. The van der Waals surface area contributed by atoms with Crippen molar-refractivity contribution >= 4 is 15.9 Å². The molecule has 0 aliphatic rings. The highest BCUT2D eigenvalue weighted by Gasteiger charge is 2.19. The van der Waals surface area contributed by atoms with Gasteiger partial charge >= 0.3 is 0 Å². The highest BCUT2D eigenvalue weighted by Crippen LogP contribution is 2.27. The molecule has 102 valence electrons. The fourth-order valence-corrected chi connectivity index (χ4v) is 2.86. The van der Waals surface area contributed by atoms with Gasteiger partial charge in [-0.15, -0.1) is 0 Å². The number of aliphatic hydroxyl groups excluding tert-OH is 1. The maximum absolute atomic E-state index is 13.6. The third-order valence-electron chi connectivity index (χ3n) is 3.15. The molecule has 0 saturated carbocycles. The van der Waals surface area contributed by atoms with Crippen molar-refractivity contribution < 1.29 is 9.50 Å². The van der Waals surface area contributed by atoms with Gasteiger partial charge in [-0.2, -0.15) is 5.10 Å². The van der Waals surface area contributed by atoms with Crippen LogP contribution in [0.3, 0.4) is 0 Å². The van der Waals surface area contributed by atoms with E-state index in [9.17, 15) is 9.50 Å². The highest BCUT2D eigenvalue weighted by molar-refractivity contribution is 9.10. The van der Waals surface area contributed by atoms with E-state index in [2.05, 4.69) is 21.0 Å². The van der Waals surface area contributed by atoms with E-state index in [1.165, 1.54) is 6.07 Å². The number of hydrogen-bond donors (Lipinski definition) is 1. The van der Waals surface area contributed by atoms with Crippen LogP contribution in [0.5, 0.6) is 0 Å². The van der Waals surface area contributed by atoms with Gasteiger partial charge < -0.3 is 5.11 Å². The lowest BCUT2D eigenvalue weighted by Gasteiger charge is -2.12. The maximum Gasteiger partial charge on any atom is 0.129 e. The summed E-state index contributed by atoms with van der Waals surface area (Å²) in [6.07, 6.45) is 0.257. The van der Waals surface area contributed by atoms with Crippen LogP contribution in [-0.4, -0.2) is 14.9 Å². The zero-order valence-electron chi connectivity index (χ0n) is 10.9. The smallest absolute Gasteiger partial charge is 0.129 e. The Balaban J connectivity index is 2.27. The zero-order chi connectivity index (χ0) is 14.0. The summed E-state index contributed by atoms with van der Waals surface area (Å²) in [6.45, 7) is 2.02. The summed E-state index contributed by atoms with van der Waals surface area (Å²) in [7, 11) is 1.83. The highest BCUT2D eigenvalue weighted by atomic mass is 79.9. The molecule has 1 N–H and O–H groups in total. The number of aromatic nitrogens is 2. The molecule has 2 aromatic rings. The van der Waals surface area contributed by atoms with Gasteiger partial charge in [0, 0.05) is 19.0 Å². The molecule has 1 atom stereocenters. The normalized spacial score (nSPS) is 12.7. The van der Waals surface area contributed by atoms with Gasteiger partial charge in [0.15, 0.2) is 0 Å². The van der Waals surface area contributed by atoms with E-state index in [0.29, 0.717) is 12.0 Å². The van der Waals surface area contributed by atoms with Crippen LogP contribution in [0.1, 0.15) is 30.0 Å². The molecule has 1 heterocycles. The summed E-state index contributed by atoms with van der Waals surface area (Å²) in [5.41, 5.74) is 2.12. The third-order valence-corrected chi connectivity index (χ3v) is 4.07. The van der Waals surface area contributed by atoms with Gasteiger partial charge in [0.05, 0.1) is 22.0 Å². The maximum atomic E-state index is 13.6. The van der Waals surface area contributed by atoms with Gasteiger partial charge in [-0.1, -0.05) is 25.1 Å². The van der Waals surface area contributed by atoms with E-state index < -0.39 is 6.10 Å². The average Bonchev–Trinajstić information content (AvgIpc) is 2.66. The Bertz CT molecular complexity index is 583. The summed E-state index contributed by atoms with van der Waals surface area (Å²) in [5, 5.41) is 14.5. The fraction of sp³-hybridized carbons (Fsp3) is 0.357. The van der Waals surface area contributed by atoms with Crippen LogP contribution >= 0.6 is 15.9 Å². The minimum Gasteiger partial charge on any atom is -0.388 e. The van der Waals surface area contributed by atoms with Crippen LogP contribution in [0.15, 0.2) is 28.7 Å². The average molecular weight is 327 g/mol. The van der Waals surface area contributed by atoms with Crippen molar-refractivity contribution in [2.45, 2.75) is 25.9 Å². The Kier molecular flexibility index (Phi) is 4.37. The molecule has 1 aromatic heterocycles. The zero-order valence-corrected chi connectivity index (χ0v) is 12.5. The van der Waals surface area contributed by atoms with Gasteiger partial charge in [-0.25, -0.2) is 4.39 Å². The summed E-state index contributed by atoms with van der Waals surface area (Å²) in [6, 6.07) is 6.29. The molecule has 0 aliphatic heterocycles. The molecule has 2 rings (SSSR count). The van der Waals surface area contributed by atoms with E-state index in [4.69, 9.17) is 0 Å². The molecule has 0 bridgehead atoms. The van der Waals surface area contributed by atoms with E-state index in [-0.39, 0.29) is 5.82 Å². The predicted molar refractivity (Wildman–Crippen MR) is 75.3 cm³/mol. The summed E-state index contributed by atoms with van der Waals surface area (Å²) in [4.78, 5) is 0. The van der Waals surface area contributed by atoms with Gasteiger partial charge in [-0.05, 0) is 28.4 Å². The molecule has 0 aliphatic carbocycles. The summed E-state index contributed by atoms with van der Waals surface area (Å²) < 4.78 is 16.2. The molecule has 5 heteroatoms. The molecule has 0 fully saturated rings. The molecular formula is C14H16BrFN2O. The van der Waals surface area contributed by atoms with Crippen LogP contribution < -0.4 is 0 Å². The molecule has 0 radical (unpaired) electrons. The van der Waals surface area contributed by atoms with Crippen LogP contribution in [0.25, 0.3) is 0 Å². The molecule has 1 unspecified atom stereocenters. The molecule has 0 amide bonds. The largest absolute Gasteiger partial charge is 0.388 e. The van der Waals surface area contributed by atoms with E-state index >= 15 is 0 Å². The van der Waals surface area contributed by atoms with Crippen molar-refractivity contribution in [3.05, 3.63) is 51.5 Å². The second-order valence-corrected chi connectivity index (χ2v) is 5.22. The van der Waals surface area contributed by atoms with Crippen LogP contribution in [-0.2, 0) is 19.9 Å². The Morgan fingerprint density at radius 2 is 2.11 bits per heavy atom. The number of hydrogen-bond acceptors (Lipinski definition) is 2. The van der Waals surface area contributed by atoms with Crippen molar-refractivity contribution in [3.8, 4) is 0 Å². The third kappa shape index (κ3) is 2.87. The molecule has 1 aromatic carbocycles. The molecule has 3 nitrogen and oxygen atoms in total. The minimum atomic E-state index is -0.877. The Morgan fingerprint density at radius 1 is 1.42 bits per heavy atom. The number of rotatable bonds is 4. The lowest BCUT2D eigenvalue weighted by atomic mass is 10.0. The Labute approximate surface area is 120 Å². The first-order valence-electron chi connectivity index (χ1n) is 6.17. The van der Waals surface area contributed by atoms with Gasteiger partial charge in [0.2, 0.25) is 0 Å². The SMILES string of the molecule is CCc1nn(C)c(CC(O)c2ccccc2F)c1Br. The molecular weight excluding hydrogens is 311 g/mol. The van der Waals surface area contributed by atoms with Crippen LogP contribution in [0, 0.1) is 5.82 Å².